The summed E-state index contributed by atoms with van der Waals surface area (Å²) in [5, 5.41) is 15.4. The molecule has 0 unspecified atom stereocenters. The maximum atomic E-state index is 12.5. The fraction of sp³-hybridized carbons (Fsp3) is 0.0526. The number of carbonyl (C=O) groups is 1. The van der Waals surface area contributed by atoms with Crippen molar-refractivity contribution in [1.82, 2.24) is 9.97 Å². The Hall–Kier alpha value is -3.43. The molecule has 128 valence electrons. The fourth-order valence-corrected chi connectivity index (χ4v) is 2.50. The minimum absolute atomic E-state index is 0.203. The molecular weight excluding hydrogens is 350 g/mol. The zero-order valence-corrected chi connectivity index (χ0v) is 14.6. The number of hydrogen-bond donors (Lipinski definition) is 2. The molecule has 0 saturated heterocycles. The summed E-state index contributed by atoms with van der Waals surface area (Å²) >= 11 is 5.93. The number of nitrogens with zero attached hydrogens (tertiary/aromatic N) is 3. The lowest BCUT2D eigenvalue weighted by Gasteiger charge is -2.10. The lowest BCUT2D eigenvalue weighted by atomic mass is 10.2. The average molecular weight is 364 g/mol. The van der Waals surface area contributed by atoms with E-state index in [1.54, 1.807) is 61.5 Å². The number of amides is 1. The van der Waals surface area contributed by atoms with E-state index in [-0.39, 0.29) is 17.5 Å². The molecule has 0 radical (unpaired) electrons. The van der Waals surface area contributed by atoms with Crippen molar-refractivity contribution in [2.75, 3.05) is 10.6 Å². The van der Waals surface area contributed by atoms with Crippen LogP contribution in [0.4, 0.5) is 17.3 Å². The monoisotopic (exact) mass is 363 g/mol. The van der Waals surface area contributed by atoms with Gasteiger partial charge in [0.25, 0.3) is 5.91 Å². The maximum Gasteiger partial charge on any atom is 0.274 e. The van der Waals surface area contributed by atoms with Gasteiger partial charge in [-0.1, -0.05) is 29.8 Å². The minimum Gasteiger partial charge on any atom is -0.323 e. The number of aryl methyl sites for hydroxylation is 1. The molecule has 7 heteroatoms. The van der Waals surface area contributed by atoms with Crippen molar-refractivity contribution >= 4 is 34.8 Å². The number of nitrogens with one attached hydrogen (secondary N) is 2. The number of carbonyl (C=O) groups excluding carboxylic acids is 1. The molecule has 26 heavy (non-hydrogen) atoms. The van der Waals surface area contributed by atoms with Gasteiger partial charge in [0.15, 0.2) is 0 Å². The van der Waals surface area contributed by atoms with E-state index in [0.717, 1.165) is 0 Å². The molecule has 0 atom stereocenters. The topological polar surface area (TPSA) is 90.7 Å². The van der Waals surface area contributed by atoms with Gasteiger partial charge in [-0.3, -0.25) is 4.79 Å². The third kappa shape index (κ3) is 4.15. The van der Waals surface area contributed by atoms with E-state index in [9.17, 15) is 10.1 Å². The van der Waals surface area contributed by atoms with Crippen molar-refractivity contribution in [3.05, 3.63) is 76.6 Å². The van der Waals surface area contributed by atoms with Crippen molar-refractivity contribution in [3.8, 4) is 6.07 Å². The number of benzene rings is 2. The SMILES string of the molecule is Cc1cc(C(=O)Nc2cccc(Cl)c2)nc(Nc2ccccc2C#N)n1. The van der Waals surface area contributed by atoms with E-state index in [2.05, 4.69) is 26.7 Å². The normalized spacial score (nSPS) is 10.0. The van der Waals surface area contributed by atoms with Crippen molar-refractivity contribution in [2.45, 2.75) is 6.92 Å². The van der Waals surface area contributed by atoms with Crippen LogP contribution in [0.2, 0.25) is 5.02 Å². The quantitative estimate of drug-likeness (QED) is 0.720. The third-order valence-electron chi connectivity index (χ3n) is 3.46. The van der Waals surface area contributed by atoms with E-state index in [0.29, 0.717) is 27.7 Å². The number of hydrogen-bond acceptors (Lipinski definition) is 5. The van der Waals surface area contributed by atoms with Gasteiger partial charge < -0.3 is 10.6 Å². The Bertz CT molecular complexity index is 1010. The summed E-state index contributed by atoms with van der Waals surface area (Å²) in [5.41, 5.74) is 2.43. The Morgan fingerprint density at radius 2 is 1.92 bits per heavy atom. The van der Waals surface area contributed by atoms with Crippen molar-refractivity contribution in [2.24, 2.45) is 0 Å². The highest BCUT2D eigenvalue weighted by Gasteiger charge is 2.12. The van der Waals surface area contributed by atoms with Gasteiger partial charge in [0.2, 0.25) is 5.95 Å². The van der Waals surface area contributed by atoms with E-state index in [4.69, 9.17) is 11.6 Å². The van der Waals surface area contributed by atoms with Crippen molar-refractivity contribution in [3.63, 3.8) is 0 Å². The van der Waals surface area contributed by atoms with E-state index >= 15 is 0 Å². The molecule has 2 aromatic carbocycles. The summed E-state index contributed by atoms with van der Waals surface area (Å²) in [6.07, 6.45) is 0. The zero-order valence-electron chi connectivity index (χ0n) is 13.8. The number of anilines is 3. The van der Waals surface area contributed by atoms with Crippen LogP contribution in [0.15, 0.2) is 54.6 Å². The molecule has 3 aromatic rings. The molecule has 6 nitrogen and oxygen atoms in total. The molecule has 0 spiro atoms. The molecule has 1 aromatic heterocycles. The van der Waals surface area contributed by atoms with Crippen LogP contribution in [-0.2, 0) is 0 Å². The van der Waals surface area contributed by atoms with Crippen molar-refractivity contribution in [1.29, 1.82) is 5.26 Å². The van der Waals surface area contributed by atoms with Gasteiger partial charge in [-0.2, -0.15) is 5.26 Å². The standard InChI is InChI=1S/C19H14ClN5O/c1-12-9-17(18(26)23-15-7-4-6-14(20)10-15)25-19(22-12)24-16-8-3-2-5-13(16)11-21/h2-10H,1H3,(H,23,26)(H,22,24,25). The molecule has 0 fully saturated rings. The molecule has 2 N–H and O–H groups in total. The predicted molar refractivity (Wildman–Crippen MR) is 101 cm³/mol. The van der Waals surface area contributed by atoms with Crippen molar-refractivity contribution < 1.29 is 4.79 Å². The van der Waals surface area contributed by atoms with Gasteiger partial charge in [0.1, 0.15) is 11.8 Å². The molecule has 0 aliphatic carbocycles. The molecule has 1 heterocycles. The highest BCUT2D eigenvalue weighted by Crippen LogP contribution is 2.19. The summed E-state index contributed by atoms with van der Waals surface area (Å²) in [6, 6.07) is 17.5. The van der Waals surface area contributed by atoms with Gasteiger partial charge in [0.05, 0.1) is 11.3 Å². The van der Waals surface area contributed by atoms with Crippen LogP contribution in [0.1, 0.15) is 21.7 Å². The number of halogens is 1. The van der Waals surface area contributed by atoms with E-state index in [1.165, 1.54) is 0 Å². The van der Waals surface area contributed by atoms with Gasteiger partial charge in [0, 0.05) is 16.4 Å². The Labute approximate surface area is 155 Å². The molecule has 0 aliphatic heterocycles. The summed E-state index contributed by atoms with van der Waals surface area (Å²) in [5.74, 6) is -0.140. The lowest BCUT2D eigenvalue weighted by Crippen LogP contribution is -2.15. The highest BCUT2D eigenvalue weighted by atomic mass is 35.5. The number of aromatic nitrogens is 2. The van der Waals surface area contributed by atoms with Crippen LogP contribution in [0.25, 0.3) is 0 Å². The van der Waals surface area contributed by atoms with Gasteiger partial charge in [-0.25, -0.2) is 9.97 Å². The Balaban J connectivity index is 1.85. The van der Waals surface area contributed by atoms with E-state index < -0.39 is 0 Å². The summed E-state index contributed by atoms with van der Waals surface area (Å²) in [4.78, 5) is 21.0. The first-order valence-electron chi connectivity index (χ1n) is 7.74. The molecular formula is C19H14ClN5O. The van der Waals surface area contributed by atoms with Crippen LogP contribution >= 0.6 is 11.6 Å². The molecule has 1 amide bonds. The van der Waals surface area contributed by atoms with E-state index in [1.807, 2.05) is 0 Å². The van der Waals surface area contributed by atoms with Gasteiger partial charge >= 0.3 is 0 Å². The van der Waals surface area contributed by atoms with Gasteiger partial charge in [-0.05, 0) is 43.3 Å². The number of nitriles is 1. The number of rotatable bonds is 4. The summed E-state index contributed by atoms with van der Waals surface area (Å²) < 4.78 is 0. The minimum atomic E-state index is -0.380. The first-order valence-corrected chi connectivity index (χ1v) is 8.12. The second kappa shape index (κ2) is 7.64. The smallest absolute Gasteiger partial charge is 0.274 e. The van der Waals surface area contributed by atoms with Crippen LogP contribution in [-0.4, -0.2) is 15.9 Å². The Kier molecular flexibility index (Phi) is 5.11. The highest BCUT2D eigenvalue weighted by molar-refractivity contribution is 6.30. The second-order valence-corrected chi connectivity index (χ2v) is 5.90. The van der Waals surface area contributed by atoms with Gasteiger partial charge in [-0.15, -0.1) is 0 Å². The maximum absolute atomic E-state index is 12.5. The molecule has 0 saturated carbocycles. The Morgan fingerprint density at radius 3 is 2.69 bits per heavy atom. The predicted octanol–water partition coefficient (Wildman–Crippen LogP) is 4.31. The zero-order chi connectivity index (χ0) is 18.5. The fourth-order valence-electron chi connectivity index (χ4n) is 2.31. The lowest BCUT2D eigenvalue weighted by molar-refractivity contribution is 0.102. The first kappa shape index (κ1) is 17.4. The molecule has 0 aliphatic rings. The van der Waals surface area contributed by atoms with Crippen LogP contribution < -0.4 is 10.6 Å². The largest absolute Gasteiger partial charge is 0.323 e. The third-order valence-corrected chi connectivity index (χ3v) is 3.70. The molecule has 0 bridgehead atoms. The number of para-hydroxylation sites is 1. The van der Waals surface area contributed by atoms with Crippen LogP contribution in [0.5, 0.6) is 0 Å². The average Bonchev–Trinajstić information content (AvgIpc) is 2.61. The van der Waals surface area contributed by atoms with Crippen LogP contribution in [0.3, 0.4) is 0 Å². The Morgan fingerprint density at radius 1 is 1.12 bits per heavy atom. The molecule has 3 rings (SSSR count). The van der Waals surface area contributed by atoms with Crippen LogP contribution in [0, 0.1) is 18.3 Å². The summed E-state index contributed by atoms with van der Waals surface area (Å²) in [6.45, 7) is 1.76. The second-order valence-electron chi connectivity index (χ2n) is 5.47. The summed E-state index contributed by atoms with van der Waals surface area (Å²) in [7, 11) is 0. The first-order chi connectivity index (χ1) is 12.5.